The van der Waals surface area contributed by atoms with Crippen molar-refractivity contribution in [2.45, 2.75) is 62.9 Å². The van der Waals surface area contributed by atoms with E-state index in [2.05, 4.69) is 10.6 Å². The molecule has 0 aromatic heterocycles. The van der Waals surface area contributed by atoms with Crippen LogP contribution in [0.2, 0.25) is 0 Å². The van der Waals surface area contributed by atoms with Crippen molar-refractivity contribution in [3.05, 3.63) is 18.2 Å². The van der Waals surface area contributed by atoms with Crippen molar-refractivity contribution < 1.29 is 19.1 Å². The van der Waals surface area contributed by atoms with Crippen LogP contribution in [-0.2, 0) is 9.59 Å². The molecule has 1 aromatic carbocycles. The van der Waals surface area contributed by atoms with E-state index < -0.39 is 5.54 Å². The lowest BCUT2D eigenvalue weighted by Crippen LogP contribution is -2.55. The van der Waals surface area contributed by atoms with Crippen molar-refractivity contribution in [2.24, 2.45) is 11.7 Å². The molecule has 3 rings (SSSR count). The van der Waals surface area contributed by atoms with Crippen LogP contribution in [0, 0.1) is 5.92 Å². The fourth-order valence-electron chi connectivity index (χ4n) is 4.43. The Bertz CT molecular complexity index is 716. The average Bonchev–Trinajstić information content (AvgIpc) is 3.31. The van der Waals surface area contributed by atoms with Gasteiger partial charge in [0.15, 0.2) is 11.5 Å². The first-order chi connectivity index (χ1) is 13.5. The summed E-state index contributed by atoms with van der Waals surface area (Å²) in [5.74, 6) is 1.10. The smallest absolute Gasteiger partial charge is 0.250 e. The number of anilines is 1. The maximum absolute atomic E-state index is 13.1. The summed E-state index contributed by atoms with van der Waals surface area (Å²) in [5, 5.41) is 5.99. The number of amides is 2. The highest BCUT2D eigenvalue weighted by atomic mass is 16.5. The number of rotatable bonds is 7. The Morgan fingerprint density at radius 3 is 2.43 bits per heavy atom. The Balaban J connectivity index is 1.68. The van der Waals surface area contributed by atoms with Gasteiger partial charge in [0.25, 0.3) is 0 Å². The number of methoxy groups -OCH3 is 2. The van der Waals surface area contributed by atoms with Gasteiger partial charge in [0.1, 0.15) is 5.54 Å². The maximum atomic E-state index is 13.1. The van der Waals surface area contributed by atoms with Gasteiger partial charge in [0.2, 0.25) is 11.8 Å². The highest BCUT2D eigenvalue weighted by Crippen LogP contribution is 2.34. The molecule has 0 bridgehead atoms. The summed E-state index contributed by atoms with van der Waals surface area (Å²) in [6.45, 7) is 0. The SMILES string of the molecule is COc1ccc(NC(=O)C2(NC(=O)C[C@@H]3CCC[C@H]3N)CCCC2)cc1OC. The van der Waals surface area contributed by atoms with Gasteiger partial charge >= 0.3 is 0 Å². The lowest BCUT2D eigenvalue weighted by Gasteiger charge is -2.30. The van der Waals surface area contributed by atoms with Gasteiger partial charge in [-0.1, -0.05) is 19.3 Å². The lowest BCUT2D eigenvalue weighted by atomic mass is 9.94. The highest BCUT2D eigenvalue weighted by Gasteiger charge is 2.43. The molecule has 2 saturated carbocycles. The summed E-state index contributed by atoms with van der Waals surface area (Å²) in [4.78, 5) is 25.8. The van der Waals surface area contributed by atoms with E-state index in [0.29, 0.717) is 36.4 Å². The third-order valence-corrected chi connectivity index (χ3v) is 6.08. The maximum Gasteiger partial charge on any atom is 0.250 e. The van der Waals surface area contributed by atoms with Crippen LogP contribution in [0.15, 0.2) is 18.2 Å². The Morgan fingerprint density at radius 1 is 1.11 bits per heavy atom. The predicted molar refractivity (Wildman–Crippen MR) is 107 cm³/mol. The number of hydrogen-bond donors (Lipinski definition) is 3. The summed E-state index contributed by atoms with van der Waals surface area (Å²) < 4.78 is 10.5. The minimum atomic E-state index is -0.854. The van der Waals surface area contributed by atoms with E-state index in [4.69, 9.17) is 15.2 Å². The average molecular weight is 389 g/mol. The molecule has 4 N–H and O–H groups in total. The first-order valence-electron chi connectivity index (χ1n) is 10.1. The normalized spacial score (nSPS) is 23.2. The van der Waals surface area contributed by atoms with Crippen LogP contribution in [0.25, 0.3) is 0 Å². The lowest BCUT2D eigenvalue weighted by molar-refractivity contribution is -0.130. The zero-order valence-electron chi connectivity index (χ0n) is 16.8. The molecule has 7 heteroatoms. The van der Waals surface area contributed by atoms with Crippen LogP contribution in [0.3, 0.4) is 0 Å². The molecule has 1 aromatic rings. The molecule has 0 radical (unpaired) electrons. The number of carbonyl (C=O) groups excluding carboxylic acids is 2. The fourth-order valence-corrected chi connectivity index (χ4v) is 4.43. The van der Waals surface area contributed by atoms with Gasteiger partial charge in [-0.25, -0.2) is 0 Å². The van der Waals surface area contributed by atoms with Crippen molar-refractivity contribution in [1.29, 1.82) is 0 Å². The number of hydrogen-bond acceptors (Lipinski definition) is 5. The number of ether oxygens (including phenoxy) is 2. The molecule has 28 heavy (non-hydrogen) atoms. The molecule has 2 aliphatic rings. The molecule has 0 aliphatic heterocycles. The van der Waals surface area contributed by atoms with E-state index in [9.17, 15) is 9.59 Å². The molecular weight excluding hydrogens is 358 g/mol. The van der Waals surface area contributed by atoms with Crippen molar-refractivity contribution in [3.8, 4) is 11.5 Å². The van der Waals surface area contributed by atoms with E-state index in [0.717, 1.165) is 32.1 Å². The molecule has 7 nitrogen and oxygen atoms in total. The zero-order valence-corrected chi connectivity index (χ0v) is 16.8. The van der Waals surface area contributed by atoms with Gasteiger partial charge in [-0.15, -0.1) is 0 Å². The van der Waals surface area contributed by atoms with E-state index in [1.54, 1.807) is 32.4 Å². The summed E-state index contributed by atoms with van der Waals surface area (Å²) in [6, 6.07) is 5.32. The van der Waals surface area contributed by atoms with Crippen molar-refractivity contribution >= 4 is 17.5 Å². The molecule has 2 amide bonds. The molecule has 154 valence electrons. The summed E-state index contributed by atoms with van der Waals surface area (Å²) in [7, 11) is 3.12. The molecule has 0 spiro atoms. The van der Waals surface area contributed by atoms with Crippen LogP contribution in [-0.4, -0.2) is 37.6 Å². The van der Waals surface area contributed by atoms with Crippen LogP contribution in [0.1, 0.15) is 51.4 Å². The van der Waals surface area contributed by atoms with Gasteiger partial charge in [-0.2, -0.15) is 0 Å². The second kappa shape index (κ2) is 8.82. The number of benzene rings is 1. The Kier molecular flexibility index (Phi) is 6.44. The molecule has 0 unspecified atom stereocenters. The molecule has 2 atom stereocenters. The van der Waals surface area contributed by atoms with Gasteiger partial charge in [-0.3, -0.25) is 9.59 Å². The minimum Gasteiger partial charge on any atom is -0.493 e. The van der Waals surface area contributed by atoms with Gasteiger partial charge in [-0.05, 0) is 43.7 Å². The van der Waals surface area contributed by atoms with Crippen LogP contribution in [0.4, 0.5) is 5.69 Å². The largest absolute Gasteiger partial charge is 0.493 e. The molecule has 0 heterocycles. The van der Waals surface area contributed by atoms with Crippen molar-refractivity contribution in [1.82, 2.24) is 5.32 Å². The zero-order chi connectivity index (χ0) is 20.1. The predicted octanol–water partition coefficient (Wildman–Crippen LogP) is 2.59. The van der Waals surface area contributed by atoms with Crippen LogP contribution in [0.5, 0.6) is 11.5 Å². The third-order valence-electron chi connectivity index (χ3n) is 6.08. The Morgan fingerprint density at radius 2 is 1.82 bits per heavy atom. The fraction of sp³-hybridized carbons (Fsp3) is 0.619. The second-order valence-electron chi connectivity index (χ2n) is 7.92. The Labute approximate surface area is 166 Å². The molecular formula is C21H31N3O4. The van der Waals surface area contributed by atoms with Crippen molar-refractivity contribution in [2.75, 3.05) is 19.5 Å². The van der Waals surface area contributed by atoms with E-state index in [1.165, 1.54) is 0 Å². The minimum absolute atomic E-state index is 0.0771. The quantitative estimate of drug-likeness (QED) is 0.665. The molecule has 2 fully saturated rings. The topological polar surface area (TPSA) is 103 Å². The second-order valence-corrected chi connectivity index (χ2v) is 7.92. The first-order valence-corrected chi connectivity index (χ1v) is 10.1. The number of carbonyl (C=O) groups is 2. The van der Waals surface area contributed by atoms with E-state index in [1.807, 2.05) is 0 Å². The third kappa shape index (κ3) is 4.41. The van der Waals surface area contributed by atoms with E-state index >= 15 is 0 Å². The molecule has 0 saturated heterocycles. The van der Waals surface area contributed by atoms with Crippen LogP contribution >= 0.6 is 0 Å². The Hall–Kier alpha value is -2.28. The van der Waals surface area contributed by atoms with E-state index in [-0.39, 0.29) is 23.8 Å². The van der Waals surface area contributed by atoms with Gasteiger partial charge in [0, 0.05) is 24.2 Å². The van der Waals surface area contributed by atoms with Gasteiger partial charge in [0.05, 0.1) is 14.2 Å². The highest BCUT2D eigenvalue weighted by molar-refractivity contribution is 6.01. The van der Waals surface area contributed by atoms with Gasteiger partial charge < -0.3 is 25.8 Å². The first kappa shape index (κ1) is 20.5. The monoisotopic (exact) mass is 389 g/mol. The summed E-state index contributed by atoms with van der Waals surface area (Å²) in [5.41, 5.74) is 5.86. The standard InChI is InChI=1S/C21H31N3O4/c1-27-17-9-8-15(13-18(17)28-2)23-20(26)21(10-3-4-11-21)24-19(25)12-14-6-5-7-16(14)22/h8-9,13-14,16H,3-7,10-12,22H2,1-2H3,(H,23,26)(H,24,25)/t14-,16+/m0/s1. The van der Waals surface area contributed by atoms with Crippen molar-refractivity contribution in [3.63, 3.8) is 0 Å². The summed E-state index contributed by atoms with van der Waals surface area (Å²) >= 11 is 0. The van der Waals surface area contributed by atoms with Crippen LogP contribution < -0.4 is 25.8 Å². The number of nitrogens with one attached hydrogen (secondary N) is 2. The summed E-state index contributed by atoms with van der Waals surface area (Å²) in [6.07, 6.45) is 6.56. The number of nitrogens with two attached hydrogens (primary N) is 1. The molecule has 2 aliphatic carbocycles.